The quantitative estimate of drug-likeness (QED) is 0.342. The highest BCUT2D eigenvalue weighted by Gasteiger charge is 2.31. The van der Waals surface area contributed by atoms with Gasteiger partial charge in [-0.15, -0.1) is 22.7 Å². The van der Waals surface area contributed by atoms with Crippen LogP contribution in [0.4, 0.5) is 4.39 Å². The number of aromatic nitrogens is 3. The van der Waals surface area contributed by atoms with E-state index < -0.39 is 0 Å². The zero-order valence-corrected chi connectivity index (χ0v) is 22.4. The van der Waals surface area contributed by atoms with E-state index in [1.807, 2.05) is 30.3 Å². The van der Waals surface area contributed by atoms with Crippen LogP contribution in [0.1, 0.15) is 50.9 Å². The number of piperidine rings is 1. The molecule has 1 saturated heterocycles. The standard InChI is InChI=1S/C24H23BrFN5O2S2/c1-13-20(31-9-10-34-24(31)28-13)22(32)27-12-16-5-3-4-8-30(16)23(33)19-21(35-14(2)29-19)15-6-7-18(26)17(25)11-15/h6-7,9-11,16H,3-5,8,12H2,1-2H3,(H,27,32)/t16-/m0/s1. The van der Waals surface area contributed by atoms with Crippen LogP contribution in [0.25, 0.3) is 15.4 Å². The molecule has 0 radical (unpaired) electrons. The summed E-state index contributed by atoms with van der Waals surface area (Å²) in [6.07, 6.45) is 4.52. The molecule has 182 valence electrons. The molecule has 0 aliphatic carbocycles. The normalized spacial score (nSPS) is 16.1. The first-order valence-corrected chi connectivity index (χ1v) is 13.8. The fourth-order valence-electron chi connectivity index (χ4n) is 4.48. The van der Waals surface area contributed by atoms with Crippen LogP contribution in [0.2, 0.25) is 0 Å². The van der Waals surface area contributed by atoms with Gasteiger partial charge in [0.25, 0.3) is 11.8 Å². The number of hydrogen-bond acceptors (Lipinski definition) is 6. The molecule has 0 saturated carbocycles. The van der Waals surface area contributed by atoms with Gasteiger partial charge in [-0.25, -0.2) is 14.4 Å². The van der Waals surface area contributed by atoms with Crippen molar-refractivity contribution in [2.45, 2.75) is 39.2 Å². The third-order valence-electron chi connectivity index (χ3n) is 6.16. The van der Waals surface area contributed by atoms with Crippen LogP contribution < -0.4 is 5.32 Å². The highest BCUT2D eigenvalue weighted by molar-refractivity contribution is 9.10. The zero-order chi connectivity index (χ0) is 24.7. The fraction of sp³-hybridized carbons (Fsp3) is 0.333. The number of thiazole rings is 2. The van der Waals surface area contributed by atoms with E-state index in [-0.39, 0.29) is 23.7 Å². The minimum absolute atomic E-state index is 0.138. The Labute approximate surface area is 218 Å². The third kappa shape index (κ3) is 4.64. The van der Waals surface area contributed by atoms with Gasteiger partial charge in [-0.2, -0.15) is 0 Å². The largest absolute Gasteiger partial charge is 0.349 e. The lowest BCUT2D eigenvalue weighted by molar-refractivity contribution is 0.0597. The number of aryl methyl sites for hydroxylation is 2. The summed E-state index contributed by atoms with van der Waals surface area (Å²) < 4.78 is 15.9. The number of halogens is 2. The van der Waals surface area contributed by atoms with Gasteiger partial charge in [0.15, 0.2) is 4.96 Å². The zero-order valence-electron chi connectivity index (χ0n) is 19.2. The first-order valence-electron chi connectivity index (χ1n) is 11.3. The van der Waals surface area contributed by atoms with Gasteiger partial charge in [-0.3, -0.25) is 14.0 Å². The second-order valence-corrected chi connectivity index (χ2v) is 11.4. The van der Waals surface area contributed by atoms with Crippen molar-refractivity contribution in [2.24, 2.45) is 0 Å². The van der Waals surface area contributed by atoms with Crippen LogP contribution in [-0.2, 0) is 0 Å². The van der Waals surface area contributed by atoms with E-state index in [9.17, 15) is 14.0 Å². The number of likely N-dealkylation sites (tertiary alicyclic amines) is 1. The summed E-state index contributed by atoms with van der Waals surface area (Å²) in [4.78, 5) is 39.0. The van der Waals surface area contributed by atoms with E-state index in [0.717, 1.165) is 39.7 Å². The van der Waals surface area contributed by atoms with Crippen molar-refractivity contribution >= 4 is 55.4 Å². The number of carbonyl (C=O) groups is 2. The summed E-state index contributed by atoms with van der Waals surface area (Å²) in [5, 5.41) is 5.69. The van der Waals surface area contributed by atoms with Crippen molar-refractivity contribution in [1.29, 1.82) is 0 Å². The average Bonchev–Trinajstić information content (AvgIpc) is 3.53. The number of carbonyl (C=O) groups excluding carboxylic acids is 2. The predicted molar refractivity (Wildman–Crippen MR) is 139 cm³/mol. The predicted octanol–water partition coefficient (Wildman–Crippen LogP) is 5.46. The molecule has 11 heteroatoms. The van der Waals surface area contributed by atoms with Crippen LogP contribution in [0.3, 0.4) is 0 Å². The van der Waals surface area contributed by atoms with E-state index in [1.165, 1.54) is 28.7 Å². The Balaban J connectivity index is 1.37. The number of nitrogens with zero attached hydrogens (tertiary/aromatic N) is 4. The summed E-state index contributed by atoms with van der Waals surface area (Å²) in [6, 6.07) is 4.58. The van der Waals surface area contributed by atoms with Gasteiger partial charge in [0.2, 0.25) is 0 Å². The molecule has 4 heterocycles. The first kappa shape index (κ1) is 24.1. The van der Waals surface area contributed by atoms with Crippen molar-refractivity contribution in [3.05, 3.63) is 62.2 Å². The van der Waals surface area contributed by atoms with Gasteiger partial charge < -0.3 is 10.2 Å². The van der Waals surface area contributed by atoms with E-state index in [0.29, 0.717) is 34.6 Å². The van der Waals surface area contributed by atoms with Gasteiger partial charge in [-0.05, 0) is 66.7 Å². The molecule has 1 fully saturated rings. The maximum absolute atomic E-state index is 13.8. The number of benzene rings is 1. The minimum Gasteiger partial charge on any atom is -0.349 e. The lowest BCUT2D eigenvalue weighted by atomic mass is 10.0. The number of fused-ring (bicyclic) bond motifs is 1. The van der Waals surface area contributed by atoms with E-state index in [2.05, 4.69) is 31.2 Å². The maximum Gasteiger partial charge on any atom is 0.274 e. The lowest BCUT2D eigenvalue weighted by Gasteiger charge is -2.35. The molecule has 1 aromatic carbocycles. The molecule has 1 aliphatic rings. The lowest BCUT2D eigenvalue weighted by Crippen LogP contribution is -2.49. The van der Waals surface area contributed by atoms with Crippen LogP contribution in [0, 0.1) is 19.7 Å². The van der Waals surface area contributed by atoms with E-state index >= 15 is 0 Å². The Hall–Kier alpha value is -2.63. The molecule has 1 aliphatic heterocycles. The molecule has 1 atom stereocenters. The Bertz CT molecular complexity index is 1430. The Morgan fingerprint density at radius 2 is 2.09 bits per heavy atom. The highest BCUT2D eigenvalue weighted by Crippen LogP contribution is 2.34. The molecule has 35 heavy (non-hydrogen) atoms. The van der Waals surface area contributed by atoms with Gasteiger partial charge >= 0.3 is 0 Å². The van der Waals surface area contributed by atoms with Crippen molar-refractivity contribution in [3.63, 3.8) is 0 Å². The molecular weight excluding hydrogens is 553 g/mol. The van der Waals surface area contributed by atoms with Crippen molar-refractivity contribution < 1.29 is 14.0 Å². The second-order valence-electron chi connectivity index (χ2n) is 8.50. The number of nitrogens with one attached hydrogen (secondary N) is 1. The van der Waals surface area contributed by atoms with Gasteiger partial charge in [0.1, 0.15) is 17.2 Å². The molecule has 1 N–H and O–H groups in total. The first-order chi connectivity index (χ1) is 16.8. The van der Waals surface area contributed by atoms with Gasteiger partial charge in [0.05, 0.1) is 20.1 Å². The average molecular weight is 577 g/mol. The maximum atomic E-state index is 13.8. The summed E-state index contributed by atoms with van der Waals surface area (Å²) in [7, 11) is 0. The molecule has 0 spiro atoms. The van der Waals surface area contributed by atoms with Crippen LogP contribution in [-0.4, -0.2) is 50.2 Å². The smallest absolute Gasteiger partial charge is 0.274 e. The Kier molecular flexibility index (Phi) is 6.73. The summed E-state index contributed by atoms with van der Waals surface area (Å²) >= 11 is 6.13. The number of amides is 2. The van der Waals surface area contributed by atoms with Crippen LogP contribution in [0.15, 0.2) is 34.2 Å². The molecular formula is C24H23BrFN5O2S2. The molecule has 0 bridgehead atoms. The number of rotatable bonds is 5. The fourth-order valence-corrected chi connectivity index (χ4v) is 6.53. The van der Waals surface area contributed by atoms with E-state index in [1.54, 1.807) is 16.5 Å². The number of imidazole rings is 1. The van der Waals surface area contributed by atoms with Crippen LogP contribution >= 0.6 is 38.6 Å². The SMILES string of the molecule is Cc1nc(C(=O)N2CCCC[C@H]2CNC(=O)c2c(C)nc3sccn23)c(-c2ccc(F)c(Br)c2)s1. The highest BCUT2D eigenvalue weighted by atomic mass is 79.9. The molecule has 3 aromatic heterocycles. The summed E-state index contributed by atoms with van der Waals surface area (Å²) in [5.74, 6) is -0.722. The van der Waals surface area contributed by atoms with Gasteiger partial charge in [-0.1, -0.05) is 6.07 Å². The second kappa shape index (κ2) is 9.79. The molecule has 2 amide bonds. The van der Waals surface area contributed by atoms with Crippen molar-refractivity contribution in [1.82, 2.24) is 24.6 Å². The monoisotopic (exact) mass is 575 g/mol. The van der Waals surface area contributed by atoms with Gasteiger partial charge in [0, 0.05) is 30.7 Å². The molecule has 5 rings (SSSR count). The van der Waals surface area contributed by atoms with Crippen molar-refractivity contribution in [3.8, 4) is 10.4 Å². The molecule has 0 unspecified atom stereocenters. The summed E-state index contributed by atoms with van der Waals surface area (Å²) in [5.41, 5.74) is 2.31. The Morgan fingerprint density at radius 3 is 2.89 bits per heavy atom. The van der Waals surface area contributed by atoms with Crippen molar-refractivity contribution in [2.75, 3.05) is 13.1 Å². The molecule has 7 nitrogen and oxygen atoms in total. The van der Waals surface area contributed by atoms with Crippen LogP contribution in [0.5, 0.6) is 0 Å². The molecule has 4 aromatic rings. The minimum atomic E-state index is -0.358. The van der Waals surface area contributed by atoms with E-state index in [4.69, 9.17) is 0 Å². The topological polar surface area (TPSA) is 79.6 Å². The number of hydrogen-bond donors (Lipinski definition) is 1. The Morgan fingerprint density at radius 1 is 1.26 bits per heavy atom. The third-order valence-corrected chi connectivity index (χ3v) is 8.54. The summed E-state index contributed by atoms with van der Waals surface area (Å²) in [6.45, 7) is 4.63.